The second kappa shape index (κ2) is 2.20. The molecule has 2 bridgehead atoms. The molecule has 5 heteroatoms. The van der Waals surface area contributed by atoms with E-state index in [1.165, 1.54) is 0 Å². The number of hydrogen-bond donors (Lipinski definition) is 2. The monoisotopic (exact) mass is 158 g/mol. The lowest BCUT2D eigenvalue weighted by atomic mass is 9.92. The zero-order valence-corrected chi connectivity index (χ0v) is 6.36. The van der Waals surface area contributed by atoms with Gasteiger partial charge in [0.1, 0.15) is 25.7 Å². The third-order valence-electron chi connectivity index (χ3n) is 2.52. The first kappa shape index (κ1) is 7.55. The number of hydrogen-bond acceptors (Lipinski definition) is 4. The van der Waals surface area contributed by atoms with Crippen molar-refractivity contribution in [3.63, 3.8) is 0 Å². The van der Waals surface area contributed by atoms with Gasteiger partial charge in [0.2, 0.25) is 0 Å². The molecule has 2 rings (SSSR count). The van der Waals surface area contributed by atoms with Gasteiger partial charge in [0.25, 0.3) is 0 Å². The Hall–Kier alpha value is -0.0951. The lowest BCUT2D eigenvalue weighted by molar-refractivity contribution is -0.136. The van der Waals surface area contributed by atoms with E-state index in [-0.39, 0.29) is 18.7 Å². The van der Waals surface area contributed by atoms with Crippen molar-refractivity contribution in [2.45, 2.75) is 23.8 Å². The standard InChI is InChI=1S/C6H11BO4/c7-5-3-4(9)6(1-8,11-5)2-10-3/h3-5,8-9H,1-2,7H2/t3-,4+,5?,6-/m0/s1. The van der Waals surface area contributed by atoms with Crippen LogP contribution in [-0.4, -0.2) is 55.1 Å². The number of ether oxygens (including phenoxy) is 2. The first-order valence-electron chi connectivity index (χ1n) is 3.78. The molecule has 62 valence electrons. The molecule has 0 spiro atoms. The molecule has 2 fully saturated rings. The minimum absolute atomic E-state index is 0.106. The lowest BCUT2D eigenvalue weighted by Crippen LogP contribution is -2.44. The molecule has 2 aliphatic heterocycles. The van der Waals surface area contributed by atoms with Gasteiger partial charge in [-0.05, 0) is 0 Å². The van der Waals surface area contributed by atoms with Crippen molar-refractivity contribution in [1.29, 1.82) is 0 Å². The van der Waals surface area contributed by atoms with Crippen LogP contribution in [0.25, 0.3) is 0 Å². The molecule has 4 atom stereocenters. The van der Waals surface area contributed by atoms with Crippen LogP contribution in [0, 0.1) is 0 Å². The van der Waals surface area contributed by atoms with Gasteiger partial charge in [-0.15, -0.1) is 0 Å². The van der Waals surface area contributed by atoms with Crippen LogP contribution in [0.3, 0.4) is 0 Å². The summed E-state index contributed by atoms with van der Waals surface area (Å²) in [6.45, 7) is 0.134. The molecule has 0 aromatic carbocycles. The quantitative estimate of drug-likeness (QED) is 0.413. The largest absolute Gasteiger partial charge is 0.393 e. The molecule has 0 amide bonds. The zero-order chi connectivity index (χ0) is 8.06. The maximum atomic E-state index is 9.54. The Kier molecular flexibility index (Phi) is 1.51. The first-order chi connectivity index (χ1) is 5.19. The second-order valence-electron chi connectivity index (χ2n) is 3.27. The minimum Gasteiger partial charge on any atom is -0.393 e. The molecular weight excluding hydrogens is 147 g/mol. The molecule has 2 heterocycles. The summed E-state index contributed by atoms with van der Waals surface area (Å²) < 4.78 is 10.6. The van der Waals surface area contributed by atoms with Gasteiger partial charge in [-0.25, -0.2) is 0 Å². The summed E-state index contributed by atoms with van der Waals surface area (Å²) in [5.74, 6) is 0. The average Bonchev–Trinajstić information content (AvgIpc) is 2.42. The predicted molar refractivity (Wildman–Crippen MR) is 39.0 cm³/mol. The maximum Gasteiger partial charge on any atom is 0.142 e. The maximum absolute atomic E-state index is 9.54. The van der Waals surface area contributed by atoms with Crippen molar-refractivity contribution in [1.82, 2.24) is 0 Å². The summed E-state index contributed by atoms with van der Waals surface area (Å²) in [7, 11) is 1.84. The molecule has 2 aliphatic rings. The second-order valence-corrected chi connectivity index (χ2v) is 3.27. The van der Waals surface area contributed by atoms with E-state index in [4.69, 9.17) is 14.6 Å². The van der Waals surface area contributed by atoms with Gasteiger partial charge in [-0.3, -0.25) is 0 Å². The van der Waals surface area contributed by atoms with Crippen molar-refractivity contribution in [2.24, 2.45) is 0 Å². The Morgan fingerprint density at radius 2 is 2.36 bits per heavy atom. The predicted octanol–water partition coefficient (Wildman–Crippen LogP) is -2.53. The molecule has 2 saturated heterocycles. The summed E-state index contributed by atoms with van der Waals surface area (Å²) in [5.41, 5.74) is -0.829. The van der Waals surface area contributed by atoms with Crippen molar-refractivity contribution < 1.29 is 19.7 Å². The molecule has 0 saturated carbocycles. The van der Waals surface area contributed by atoms with E-state index in [9.17, 15) is 5.11 Å². The van der Waals surface area contributed by atoms with Crippen LogP contribution < -0.4 is 0 Å². The highest BCUT2D eigenvalue weighted by Gasteiger charge is 2.58. The SMILES string of the molecule is BC1O[C@@]2(CO)CO[C@H]1[C@H]2O. The fourth-order valence-electron chi connectivity index (χ4n) is 1.82. The van der Waals surface area contributed by atoms with Gasteiger partial charge in [-0.1, -0.05) is 0 Å². The molecule has 1 unspecified atom stereocenters. The Balaban J connectivity index is 2.24. The molecule has 0 aromatic heterocycles. The van der Waals surface area contributed by atoms with Crippen LogP contribution in [0.4, 0.5) is 0 Å². The van der Waals surface area contributed by atoms with E-state index in [1.807, 2.05) is 7.85 Å². The van der Waals surface area contributed by atoms with Gasteiger partial charge >= 0.3 is 0 Å². The van der Waals surface area contributed by atoms with Crippen LogP contribution >= 0.6 is 0 Å². The fourth-order valence-corrected chi connectivity index (χ4v) is 1.82. The van der Waals surface area contributed by atoms with Gasteiger partial charge < -0.3 is 19.7 Å². The summed E-state index contributed by atoms with van der Waals surface area (Å²) >= 11 is 0. The third-order valence-corrected chi connectivity index (χ3v) is 2.52. The average molecular weight is 158 g/mol. The highest BCUT2D eigenvalue weighted by molar-refractivity contribution is 6.11. The van der Waals surface area contributed by atoms with Gasteiger partial charge in [0.15, 0.2) is 0 Å². The molecule has 0 aromatic rings. The molecule has 0 aliphatic carbocycles. The summed E-state index contributed by atoms with van der Waals surface area (Å²) in [4.78, 5) is 0. The third kappa shape index (κ3) is 0.795. The summed E-state index contributed by atoms with van der Waals surface area (Å²) in [6.07, 6.45) is -0.912. The number of aliphatic hydroxyl groups excluding tert-OH is 2. The van der Waals surface area contributed by atoms with E-state index in [1.54, 1.807) is 0 Å². The van der Waals surface area contributed by atoms with Crippen LogP contribution in [0.15, 0.2) is 0 Å². The highest BCUT2D eigenvalue weighted by Crippen LogP contribution is 2.38. The van der Waals surface area contributed by atoms with Crippen molar-refractivity contribution in [2.75, 3.05) is 13.2 Å². The molecule has 11 heavy (non-hydrogen) atoms. The van der Waals surface area contributed by atoms with E-state index in [2.05, 4.69) is 0 Å². The smallest absolute Gasteiger partial charge is 0.142 e. The zero-order valence-electron chi connectivity index (χ0n) is 6.36. The number of rotatable bonds is 1. The van der Waals surface area contributed by atoms with Crippen molar-refractivity contribution in [3.05, 3.63) is 0 Å². The minimum atomic E-state index is -0.829. The Labute approximate surface area is 65.5 Å². The van der Waals surface area contributed by atoms with E-state index in [0.29, 0.717) is 6.61 Å². The van der Waals surface area contributed by atoms with E-state index in [0.717, 1.165) is 0 Å². The van der Waals surface area contributed by atoms with E-state index < -0.39 is 11.7 Å². The van der Waals surface area contributed by atoms with Crippen LogP contribution in [0.1, 0.15) is 0 Å². The van der Waals surface area contributed by atoms with Gasteiger partial charge in [-0.2, -0.15) is 0 Å². The van der Waals surface area contributed by atoms with E-state index >= 15 is 0 Å². The van der Waals surface area contributed by atoms with Gasteiger partial charge in [0.05, 0.1) is 19.2 Å². The Morgan fingerprint density at radius 1 is 1.64 bits per heavy atom. The highest BCUT2D eigenvalue weighted by atomic mass is 16.6. The van der Waals surface area contributed by atoms with Gasteiger partial charge in [0, 0.05) is 0 Å². The number of aliphatic hydroxyl groups is 2. The van der Waals surface area contributed by atoms with Crippen molar-refractivity contribution >= 4 is 7.85 Å². The fraction of sp³-hybridized carbons (Fsp3) is 1.00. The summed E-state index contributed by atoms with van der Waals surface area (Å²) in [5, 5.41) is 18.5. The summed E-state index contributed by atoms with van der Waals surface area (Å²) in [6, 6.07) is -0.106. The molecule has 2 N–H and O–H groups in total. The van der Waals surface area contributed by atoms with Crippen molar-refractivity contribution in [3.8, 4) is 0 Å². The molecule has 4 nitrogen and oxygen atoms in total. The Bertz CT molecular complexity index is 176. The molecular formula is C6H11BO4. The topological polar surface area (TPSA) is 58.9 Å². The lowest BCUT2D eigenvalue weighted by Gasteiger charge is -2.27. The van der Waals surface area contributed by atoms with Crippen LogP contribution in [0.2, 0.25) is 0 Å². The van der Waals surface area contributed by atoms with Crippen LogP contribution in [-0.2, 0) is 9.47 Å². The normalized spacial score (nSPS) is 55.3. The molecule has 0 radical (unpaired) electrons. The Morgan fingerprint density at radius 3 is 2.64 bits per heavy atom. The first-order valence-corrected chi connectivity index (χ1v) is 3.78. The van der Waals surface area contributed by atoms with Crippen LogP contribution in [0.5, 0.6) is 0 Å². The number of fused-ring (bicyclic) bond motifs is 2.